The number of hydrogen-bond acceptors (Lipinski definition) is 2. The fourth-order valence-corrected chi connectivity index (χ4v) is 1.26. The van der Waals surface area contributed by atoms with Gasteiger partial charge >= 0.3 is 12.1 Å². The van der Waals surface area contributed by atoms with Gasteiger partial charge in [-0.3, -0.25) is 9.78 Å². The van der Waals surface area contributed by atoms with Crippen LogP contribution in [0.5, 0.6) is 0 Å². The van der Waals surface area contributed by atoms with Crippen molar-refractivity contribution in [2.24, 2.45) is 0 Å². The predicted molar refractivity (Wildman–Crippen MR) is 56.3 cm³/mol. The second kappa shape index (κ2) is 4.73. The van der Waals surface area contributed by atoms with Gasteiger partial charge in [0.05, 0.1) is 0 Å². The quantitative estimate of drug-likeness (QED) is 0.886. The van der Waals surface area contributed by atoms with E-state index in [1.165, 1.54) is 0 Å². The Bertz CT molecular complexity index is 387. The molecule has 0 saturated carbocycles. The average molecular weight is 246 g/mol. The number of carbonyl (C=O) groups excluding carboxylic acids is 1. The van der Waals surface area contributed by atoms with Crippen LogP contribution in [0.25, 0.3) is 0 Å². The highest BCUT2D eigenvalue weighted by Crippen LogP contribution is 2.20. The highest BCUT2D eigenvalue weighted by atomic mass is 19.4. The lowest BCUT2D eigenvalue weighted by molar-refractivity contribution is -0.173. The van der Waals surface area contributed by atoms with Gasteiger partial charge in [-0.15, -0.1) is 0 Å². The molecule has 17 heavy (non-hydrogen) atoms. The summed E-state index contributed by atoms with van der Waals surface area (Å²) in [5.74, 6) is -1.93. The van der Waals surface area contributed by atoms with Crippen LogP contribution in [-0.4, -0.2) is 23.6 Å². The number of pyridine rings is 1. The van der Waals surface area contributed by atoms with E-state index < -0.39 is 17.5 Å². The zero-order valence-corrected chi connectivity index (χ0v) is 9.51. The number of nitrogens with zero attached hydrogens (tertiary/aromatic N) is 1. The lowest BCUT2D eigenvalue weighted by atomic mass is 9.88. The molecule has 0 aliphatic rings. The first kappa shape index (κ1) is 13.5. The number of rotatable bonds is 3. The Morgan fingerprint density at radius 3 is 2.47 bits per heavy atom. The summed E-state index contributed by atoms with van der Waals surface area (Å²) < 4.78 is 36.0. The van der Waals surface area contributed by atoms with E-state index in [4.69, 9.17) is 0 Å². The highest BCUT2D eigenvalue weighted by molar-refractivity contribution is 5.81. The second-order valence-corrected chi connectivity index (χ2v) is 4.28. The van der Waals surface area contributed by atoms with Crippen molar-refractivity contribution in [2.45, 2.75) is 25.4 Å². The molecule has 1 rings (SSSR count). The first-order valence-electron chi connectivity index (χ1n) is 5.00. The van der Waals surface area contributed by atoms with Crippen molar-refractivity contribution in [3.8, 4) is 0 Å². The van der Waals surface area contributed by atoms with Gasteiger partial charge in [0.15, 0.2) is 0 Å². The van der Waals surface area contributed by atoms with Crippen molar-refractivity contribution < 1.29 is 18.0 Å². The zero-order valence-electron chi connectivity index (χ0n) is 9.51. The van der Waals surface area contributed by atoms with Crippen LogP contribution in [0.2, 0.25) is 0 Å². The molecular formula is C11H13F3N2O. The first-order chi connectivity index (χ1) is 7.73. The van der Waals surface area contributed by atoms with Crippen molar-refractivity contribution in [1.82, 2.24) is 10.3 Å². The molecule has 94 valence electrons. The summed E-state index contributed by atoms with van der Waals surface area (Å²) in [6.45, 7) is 3.31. The van der Waals surface area contributed by atoms with E-state index in [2.05, 4.69) is 4.98 Å². The lowest BCUT2D eigenvalue weighted by Crippen LogP contribution is -2.43. The van der Waals surface area contributed by atoms with E-state index in [0.29, 0.717) is 5.69 Å². The molecule has 0 aromatic carbocycles. The number of amides is 1. The SMILES string of the molecule is CC(C)(CNC(=O)C(F)(F)F)c1ccccn1. The summed E-state index contributed by atoms with van der Waals surface area (Å²) in [6.07, 6.45) is -3.29. The van der Waals surface area contributed by atoms with E-state index in [-0.39, 0.29) is 6.54 Å². The number of alkyl halides is 3. The number of nitrogens with one attached hydrogen (secondary N) is 1. The molecule has 1 aromatic heterocycles. The Labute approximate surface area is 97.0 Å². The Morgan fingerprint density at radius 2 is 2.00 bits per heavy atom. The molecule has 0 radical (unpaired) electrons. The molecule has 3 nitrogen and oxygen atoms in total. The van der Waals surface area contributed by atoms with E-state index in [1.807, 2.05) is 5.32 Å². The summed E-state index contributed by atoms with van der Waals surface area (Å²) in [6, 6.07) is 5.17. The topological polar surface area (TPSA) is 42.0 Å². The molecule has 1 amide bonds. The van der Waals surface area contributed by atoms with Crippen LogP contribution in [0.1, 0.15) is 19.5 Å². The molecule has 0 fully saturated rings. The van der Waals surface area contributed by atoms with Crippen molar-refractivity contribution in [1.29, 1.82) is 0 Å². The highest BCUT2D eigenvalue weighted by Gasteiger charge is 2.39. The number of carbonyl (C=O) groups is 1. The van der Waals surface area contributed by atoms with Gasteiger partial charge < -0.3 is 5.32 Å². The van der Waals surface area contributed by atoms with E-state index >= 15 is 0 Å². The van der Waals surface area contributed by atoms with Gasteiger partial charge in [-0.25, -0.2) is 0 Å². The normalized spacial score (nSPS) is 12.3. The van der Waals surface area contributed by atoms with E-state index in [1.54, 1.807) is 38.2 Å². The van der Waals surface area contributed by atoms with Crippen molar-refractivity contribution >= 4 is 5.91 Å². The van der Waals surface area contributed by atoms with Gasteiger partial charge in [0, 0.05) is 23.9 Å². The monoisotopic (exact) mass is 246 g/mol. The Balaban J connectivity index is 2.66. The second-order valence-electron chi connectivity index (χ2n) is 4.28. The Hall–Kier alpha value is -1.59. The van der Waals surface area contributed by atoms with Crippen molar-refractivity contribution in [3.63, 3.8) is 0 Å². The van der Waals surface area contributed by atoms with Gasteiger partial charge in [-0.05, 0) is 12.1 Å². The maximum absolute atomic E-state index is 12.0. The molecule has 0 spiro atoms. The van der Waals surface area contributed by atoms with Crippen LogP contribution < -0.4 is 5.32 Å². The third-order valence-electron chi connectivity index (χ3n) is 2.31. The summed E-state index contributed by atoms with van der Waals surface area (Å²) >= 11 is 0. The average Bonchev–Trinajstić information content (AvgIpc) is 2.26. The van der Waals surface area contributed by atoms with E-state index in [9.17, 15) is 18.0 Å². The minimum Gasteiger partial charge on any atom is -0.347 e. The molecule has 0 bridgehead atoms. The standard InChI is InChI=1S/C11H13F3N2O/c1-10(2,8-5-3-4-6-15-8)7-16-9(17)11(12,13)14/h3-6H,7H2,1-2H3,(H,16,17). The molecule has 0 aliphatic heterocycles. The van der Waals surface area contributed by atoms with Crippen LogP contribution in [0.3, 0.4) is 0 Å². The number of halogens is 3. The molecule has 0 atom stereocenters. The maximum atomic E-state index is 12.0. The fourth-order valence-electron chi connectivity index (χ4n) is 1.26. The van der Waals surface area contributed by atoms with E-state index in [0.717, 1.165) is 0 Å². The third kappa shape index (κ3) is 3.72. The Morgan fingerprint density at radius 1 is 1.35 bits per heavy atom. The molecule has 0 aliphatic carbocycles. The van der Waals surface area contributed by atoms with Gasteiger partial charge in [0.25, 0.3) is 0 Å². The van der Waals surface area contributed by atoms with Crippen molar-refractivity contribution in [3.05, 3.63) is 30.1 Å². The number of hydrogen-bond donors (Lipinski definition) is 1. The molecular weight excluding hydrogens is 233 g/mol. The van der Waals surface area contributed by atoms with Crippen LogP contribution in [0.15, 0.2) is 24.4 Å². The number of aromatic nitrogens is 1. The van der Waals surface area contributed by atoms with Gasteiger partial charge in [0.2, 0.25) is 0 Å². The summed E-state index contributed by atoms with van der Waals surface area (Å²) in [4.78, 5) is 14.7. The molecule has 0 saturated heterocycles. The van der Waals surface area contributed by atoms with Gasteiger partial charge in [-0.1, -0.05) is 19.9 Å². The molecule has 1 N–H and O–H groups in total. The van der Waals surface area contributed by atoms with Gasteiger partial charge in [-0.2, -0.15) is 13.2 Å². The summed E-state index contributed by atoms with van der Waals surface area (Å²) in [5.41, 5.74) is -0.0233. The third-order valence-corrected chi connectivity index (χ3v) is 2.31. The van der Waals surface area contributed by atoms with Crippen LogP contribution in [0.4, 0.5) is 13.2 Å². The smallest absolute Gasteiger partial charge is 0.347 e. The minimum atomic E-state index is -4.85. The molecule has 0 unspecified atom stereocenters. The molecule has 1 aromatic rings. The van der Waals surface area contributed by atoms with Crippen molar-refractivity contribution in [2.75, 3.05) is 6.54 Å². The maximum Gasteiger partial charge on any atom is 0.471 e. The summed E-state index contributed by atoms with van der Waals surface area (Å²) in [5, 5.41) is 1.86. The van der Waals surface area contributed by atoms with Gasteiger partial charge in [0.1, 0.15) is 0 Å². The fraction of sp³-hybridized carbons (Fsp3) is 0.455. The minimum absolute atomic E-state index is 0.123. The predicted octanol–water partition coefficient (Wildman–Crippen LogP) is 2.04. The van der Waals surface area contributed by atoms with Crippen LogP contribution in [0, 0.1) is 0 Å². The molecule has 1 heterocycles. The summed E-state index contributed by atoms with van der Waals surface area (Å²) in [7, 11) is 0. The lowest BCUT2D eigenvalue weighted by Gasteiger charge is -2.24. The Kier molecular flexibility index (Phi) is 3.75. The zero-order chi connectivity index (χ0) is 13.1. The van der Waals surface area contributed by atoms with Crippen LogP contribution in [-0.2, 0) is 10.2 Å². The molecule has 6 heteroatoms. The largest absolute Gasteiger partial charge is 0.471 e. The first-order valence-corrected chi connectivity index (χ1v) is 5.00. The van der Waals surface area contributed by atoms with Crippen LogP contribution >= 0.6 is 0 Å².